The highest BCUT2D eigenvalue weighted by Gasteiger charge is 2.27. The number of nitrogens with one attached hydrogen (secondary N) is 1. The molecule has 2 aromatic heterocycles. The molecule has 2 fully saturated rings. The maximum atomic E-state index is 14.1. The van der Waals surface area contributed by atoms with Crippen LogP contribution in [0.2, 0.25) is 0 Å². The van der Waals surface area contributed by atoms with Crippen LogP contribution in [0.15, 0.2) is 30.3 Å². The van der Waals surface area contributed by atoms with E-state index in [1.54, 1.807) is 31.4 Å². The Bertz CT molecular complexity index is 1300. The highest BCUT2D eigenvalue weighted by Crippen LogP contribution is 2.30. The monoisotopic (exact) mass is 554 g/mol. The van der Waals surface area contributed by atoms with Crippen LogP contribution in [0.5, 0.6) is 0 Å². The summed E-state index contributed by atoms with van der Waals surface area (Å²) in [6.45, 7) is 4.94. The maximum Gasteiger partial charge on any atom is 0.296 e. The van der Waals surface area contributed by atoms with Gasteiger partial charge in [-0.15, -0.1) is 0 Å². The van der Waals surface area contributed by atoms with Gasteiger partial charge in [0.1, 0.15) is 11.6 Å². The highest BCUT2D eigenvalue weighted by atomic mass is 19.3. The molecule has 3 aromatic rings. The number of nitrogens with zero attached hydrogens (tertiary/aromatic N) is 7. The van der Waals surface area contributed by atoms with Gasteiger partial charge >= 0.3 is 0 Å². The second-order valence-corrected chi connectivity index (χ2v) is 10.3. The minimum Gasteiger partial charge on any atom is -0.383 e. The van der Waals surface area contributed by atoms with Crippen molar-refractivity contribution in [1.29, 1.82) is 5.26 Å². The average molecular weight is 555 g/mol. The SMILES string of the molecule is COCCN(CC#N)C1CCC(CNc2nc(N3CCOCC3)cc(-n3c(C(F)F)nc4ccccc43)n2)CC1. The highest BCUT2D eigenvalue weighted by molar-refractivity contribution is 5.78. The zero-order chi connectivity index (χ0) is 27.9. The topological polar surface area (TPSA) is 104 Å². The Kier molecular flexibility index (Phi) is 9.36. The molecule has 0 spiro atoms. The molecule has 0 unspecified atom stereocenters. The molecule has 2 aliphatic rings. The lowest BCUT2D eigenvalue weighted by Gasteiger charge is -2.35. The maximum absolute atomic E-state index is 14.1. The molecule has 0 amide bonds. The zero-order valence-corrected chi connectivity index (χ0v) is 22.8. The fraction of sp³-hybridized carbons (Fsp3) is 0.571. The van der Waals surface area contributed by atoms with Crippen LogP contribution in [-0.4, -0.2) is 90.1 Å². The van der Waals surface area contributed by atoms with Crippen molar-refractivity contribution in [2.75, 3.05) is 69.9 Å². The van der Waals surface area contributed by atoms with E-state index in [4.69, 9.17) is 19.4 Å². The number of benzene rings is 1. The third-order valence-electron chi connectivity index (χ3n) is 7.78. The first kappa shape index (κ1) is 28.1. The number of nitriles is 1. The standard InChI is InChI=1S/C28H36F2N8O2/c1-39-15-12-36(11-10-31)21-8-6-20(7-9-21)19-32-28-34-24(37-13-16-40-17-14-37)18-25(35-28)38-23-5-3-2-4-22(23)33-27(38)26(29)30/h2-5,18,20-21,26H,6-9,11-17,19H2,1H3,(H,32,34,35). The van der Waals surface area contributed by atoms with E-state index >= 15 is 0 Å². The van der Waals surface area contributed by atoms with Crippen molar-refractivity contribution in [1.82, 2.24) is 24.4 Å². The van der Waals surface area contributed by atoms with Crippen LogP contribution in [0.1, 0.15) is 37.9 Å². The summed E-state index contributed by atoms with van der Waals surface area (Å²) in [6.07, 6.45) is 1.30. The van der Waals surface area contributed by atoms with E-state index in [9.17, 15) is 14.0 Å². The number of imidazole rings is 1. The van der Waals surface area contributed by atoms with Crippen LogP contribution in [0.3, 0.4) is 0 Å². The number of methoxy groups -OCH3 is 1. The molecule has 0 atom stereocenters. The van der Waals surface area contributed by atoms with E-state index in [2.05, 4.69) is 26.2 Å². The van der Waals surface area contributed by atoms with Gasteiger partial charge in [0.2, 0.25) is 5.95 Å². The summed E-state index contributed by atoms with van der Waals surface area (Å²) in [5, 5.41) is 12.6. The summed E-state index contributed by atoms with van der Waals surface area (Å²) >= 11 is 0. The minimum absolute atomic E-state index is 0.340. The quantitative estimate of drug-likeness (QED) is 0.352. The first-order chi connectivity index (χ1) is 19.6. The van der Waals surface area contributed by atoms with Crippen LogP contribution < -0.4 is 10.2 Å². The van der Waals surface area contributed by atoms with Gasteiger partial charge in [0, 0.05) is 45.4 Å². The van der Waals surface area contributed by atoms with Gasteiger partial charge in [-0.3, -0.25) is 9.47 Å². The molecular formula is C28H36F2N8O2. The van der Waals surface area contributed by atoms with E-state index < -0.39 is 6.43 Å². The second-order valence-electron chi connectivity index (χ2n) is 10.3. The third kappa shape index (κ3) is 6.49. The molecule has 1 saturated carbocycles. The molecule has 1 aliphatic heterocycles. The molecule has 1 N–H and O–H groups in total. The van der Waals surface area contributed by atoms with Crippen molar-refractivity contribution in [2.45, 2.75) is 38.2 Å². The molecule has 214 valence electrons. The Morgan fingerprint density at radius 3 is 2.60 bits per heavy atom. The number of fused-ring (bicyclic) bond motifs is 1. The molecule has 12 heteroatoms. The summed E-state index contributed by atoms with van der Waals surface area (Å²) in [7, 11) is 1.68. The molecular weight excluding hydrogens is 518 g/mol. The number of aromatic nitrogens is 4. The van der Waals surface area contributed by atoms with Crippen molar-refractivity contribution in [2.24, 2.45) is 5.92 Å². The smallest absolute Gasteiger partial charge is 0.296 e. The Balaban J connectivity index is 1.35. The molecule has 0 bridgehead atoms. The van der Waals surface area contributed by atoms with Crippen LogP contribution in [-0.2, 0) is 9.47 Å². The van der Waals surface area contributed by atoms with Crippen molar-refractivity contribution in [3.8, 4) is 11.9 Å². The molecule has 40 heavy (non-hydrogen) atoms. The van der Waals surface area contributed by atoms with E-state index in [-0.39, 0.29) is 5.82 Å². The van der Waals surface area contributed by atoms with Gasteiger partial charge in [0.05, 0.1) is 43.5 Å². The summed E-state index contributed by atoms with van der Waals surface area (Å²) < 4.78 is 40.4. The summed E-state index contributed by atoms with van der Waals surface area (Å²) in [5.74, 6) is 1.52. The Morgan fingerprint density at radius 1 is 1.12 bits per heavy atom. The van der Waals surface area contributed by atoms with Gasteiger partial charge in [0.25, 0.3) is 6.43 Å². The van der Waals surface area contributed by atoms with Crippen molar-refractivity contribution in [3.05, 3.63) is 36.2 Å². The van der Waals surface area contributed by atoms with Crippen LogP contribution in [0.4, 0.5) is 20.5 Å². The summed E-state index contributed by atoms with van der Waals surface area (Å²) in [5.41, 5.74) is 1.07. The predicted octanol–water partition coefficient (Wildman–Crippen LogP) is 4.03. The number of alkyl halides is 2. The van der Waals surface area contributed by atoms with Crippen molar-refractivity contribution >= 4 is 22.8 Å². The van der Waals surface area contributed by atoms with Crippen molar-refractivity contribution < 1.29 is 18.3 Å². The number of anilines is 2. The third-order valence-corrected chi connectivity index (χ3v) is 7.78. The van der Waals surface area contributed by atoms with Crippen LogP contribution in [0, 0.1) is 17.2 Å². The van der Waals surface area contributed by atoms with Gasteiger partial charge in [-0.2, -0.15) is 15.2 Å². The van der Waals surface area contributed by atoms with Crippen LogP contribution >= 0.6 is 0 Å². The number of morpholine rings is 1. The number of halogens is 2. The van der Waals surface area contributed by atoms with Crippen LogP contribution in [0.25, 0.3) is 16.9 Å². The van der Waals surface area contributed by atoms with Gasteiger partial charge in [0.15, 0.2) is 5.82 Å². The summed E-state index contributed by atoms with van der Waals surface area (Å²) in [4.78, 5) is 18.0. The van der Waals surface area contributed by atoms with Crippen molar-refractivity contribution in [3.63, 3.8) is 0 Å². The molecule has 1 saturated heterocycles. The molecule has 3 heterocycles. The second kappa shape index (κ2) is 13.3. The predicted molar refractivity (Wildman–Crippen MR) is 148 cm³/mol. The van der Waals surface area contributed by atoms with Gasteiger partial charge in [-0.1, -0.05) is 12.1 Å². The average Bonchev–Trinajstić information content (AvgIpc) is 3.39. The first-order valence-corrected chi connectivity index (χ1v) is 13.9. The van der Waals surface area contributed by atoms with E-state index in [0.717, 1.165) is 32.2 Å². The molecule has 1 aliphatic carbocycles. The fourth-order valence-corrected chi connectivity index (χ4v) is 5.64. The Labute approximate surface area is 232 Å². The number of hydrogen-bond acceptors (Lipinski definition) is 9. The molecule has 5 rings (SSSR count). The zero-order valence-electron chi connectivity index (χ0n) is 22.8. The first-order valence-electron chi connectivity index (χ1n) is 13.9. The fourth-order valence-electron chi connectivity index (χ4n) is 5.64. The number of rotatable bonds is 11. The molecule has 10 nitrogen and oxygen atoms in total. The van der Waals surface area contributed by atoms with Gasteiger partial charge < -0.3 is 19.7 Å². The molecule has 1 aromatic carbocycles. The number of ether oxygens (including phenoxy) is 2. The minimum atomic E-state index is -2.76. The normalized spacial score (nSPS) is 19.9. The lowest BCUT2D eigenvalue weighted by Crippen LogP contribution is -2.41. The summed E-state index contributed by atoms with van der Waals surface area (Å²) in [6, 6.07) is 11.5. The lowest BCUT2D eigenvalue weighted by atomic mass is 9.85. The Morgan fingerprint density at radius 2 is 1.88 bits per heavy atom. The largest absolute Gasteiger partial charge is 0.383 e. The van der Waals surface area contributed by atoms with E-state index in [1.165, 1.54) is 4.57 Å². The number of hydrogen-bond donors (Lipinski definition) is 1. The van der Waals surface area contributed by atoms with Gasteiger partial charge in [-0.25, -0.2) is 13.8 Å². The Hall–Kier alpha value is -3.40. The number of para-hydroxylation sites is 2. The molecule has 0 radical (unpaired) electrons. The van der Waals surface area contributed by atoms with E-state index in [1.807, 2.05) is 6.07 Å². The van der Waals surface area contributed by atoms with E-state index in [0.29, 0.717) is 86.6 Å². The van der Waals surface area contributed by atoms with Gasteiger partial charge in [-0.05, 0) is 43.7 Å². The lowest BCUT2D eigenvalue weighted by molar-refractivity contribution is 0.104.